The number of thiophene rings is 1. The van der Waals surface area contributed by atoms with Crippen molar-refractivity contribution in [2.45, 2.75) is 45.1 Å². The Kier molecular flexibility index (Phi) is 6.10. The molecule has 164 valence electrons. The number of hydrogen-bond acceptors (Lipinski definition) is 6. The van der Waals surface area contributed by atoms with Crippen LogP contribution in [0.25, 0.3) is 5.70 Å². The molecule has 2 amide bonds. The molecule has 1 atom stereocenters. The molecular weight excluding hydrogens is 426 g/mol. The summed E-state index contributed by atoms with van der Waals surface area (Å²) in [5.74, 6) is -1.54. The number of fused-ring (bicyclic) bond motifs is 2. The number of nitrogens with one attached hydrogen (secondary N) is 1. The Morgan fingerprint density at radius 3 is 2.69 bits per heavy atom. The molecular formula is C24H23N3O4S. The van der Waals surface area contributed by atoms with Gasteiger partial charge in [-0.15, -0.1) is 11.3 Å². The summed E-state index contributed by atoms with van der Waals surface area (Å²) in [6, 6.07) is 9.21. The van der Waals surface area contributed by atoms with Crippen molar-refractivity contribution in [3.05, 3.63) is 58.0 Å². The summed E-state index contributed by atoms with van der Waals surface area (Å²) in [5.41, 5.74) is 3.13. The van der Waals surface area contributed by atoms with E-state index in [1.54, 1.807) is 24.3 Å². The fourth-order valence-electron chi connectivity index (χ4n) is 4.08. The third-order valence-electron chi connectivity index (χ3n) is 5.77. The van der Waals surface area contributed by atoms with Gasteiger partial charge in [0.1, 0.15) is 17.6 Å². The summed E-state index contributed by atoms with van der Waals surface area (Å²) in [4.78, 5) is 40.0. The molecule has 0 bridgehead atoms. The van der Waals surface area contributed by atoms with Crippen molar-refractivity contribution < 1.29 is 19.1 Å². The minimum atomic E-state index is -1.08. The van der Waals surface area contributed by atoms with Crippen LogP contribution in [0.3, 0.4) is 0 Å². The van der Waals surface area contributed by atoms with E-state index < -0.39 is 18.0 Å². The number of amides is 2. The van der Waals surface area contributed by atoms with Gasteiger partial charge in [0.15, 0.2) is 6.10 Å². The van der Waals surface area contributed by atoms with Crippen LogP contribution in [-0.2, 0) is 27.2 Å². The molecule has 0 spiro atoms. The molecule has 8 heteroatoms. The zero-order chi connectivity index (χ0) is 22.8. The number of carbonyl (C=O) groups is 3. The Bertz CT molecular complexity index is 1130. The van der Waals surface area contributed by atoms with Crippen molar-refractivity contribution in [1.29, 1.82) is 5.26 Å². The second-order valence-corrected chi connectivity index (χ2v) is 8.99. The quantitative estimate of drug-likeness (QED) is 0.552. The van der Waals surface area contributed by atoms with E-state index in [9.17, 15) is 19.6 Å². The highest BCUT2D eigenvalue weighted by atomic mass is 32.1. The summed E-state index contributed by atoms with van der Waals surface area (Å²) in [5, 5.41) is 12.9. The maximum atomic E-state index is 12.7. The van der Waals surface area contributed by atoms with E-state index in [0.29, 0.717) is 27.4 Å². The highest BCUT2D eigenvalue weighted by molar-refractivity contribution is 7.16. The summed E-state index contributed by atoms with van der Waals surface area (Å²) in [6.07, 6.45) is 3.91. The van der Waals surface area contributed by atoms with Crippen molar-refractivity contribution in [1.82, 2.24) is 4.90 Å². The first kappa shape index (κ1) is 21.8. The van der Waals surface area contributed by atoms with Gasteiger partial charge in [0.25, 0.3) is 11.8 Å². The summed E-state index contributed by atoms with van der Waals surface area (Å²) in [6.45, 7) is 5.03. The van der Waals surface area contributed by atoms with Gasteiger partial charge in [-0.3, -0.25) is 19.3 Å². The number of aryl methyl sites for hydroxylation is 1. The van der Waals surface area contributed by atoms with Crippen LogP contribution in [0.4, 0.5) is 5.00 Å². The van der Waals surface area contributed by atoms with E-state index >= 15 is 0 Å². The van der Waals surface area contributed by atoms with E-state index in [2.05, 4.69) is 18.0 Å². The van der Waals surface area contributed by atoms with E-state index in [1.807, 2.05) is 0 Å². The molecule has 0 saturated carbocycles. The highest BCUT2D eigenvalue weighted by Crippen LogP contribution is 2.37. The van der Waals surface area contributed by atoms with E-state index in [0.717, 1.165) is 42.5 Å². The Morgan fingerprint density at radius 2 is 1.97 bits per heavy atom. The van der Waals surface area contributed by atoms with Crippen LogP contribution in [0.5, 0.6) is 0 Å². The normalized spacial score (nSPS) is 15.9. The molecule has 2 heterocycles. The van der Waals surface area contributed by atoms with E-state index in [-0.39, 0.29) is 12.5 Å². The lowest BCUT2D eigenvalue weighted by Gasteiger charge is -2.18. The van der Waals surface area contributed by atoms with Gasteiger partial charge < -0.3 is 10.1 Å². The average molecular weight is 450 g/mol. The fourth-order valence-corrected chi connectivity index (χ4v) is 5.32. The molecule has 2 aliphatic rings. The number of nitriles is 1. The lowest BCUT2D eigenvalue weighted by Crippen LogP contribution is -2.35. The third kappa shape index (κ3) is 4.04. The number of ether oxygens (including phenoxy) is 1. The van der Waals surface area contributed by atoms with Gasteiger partial charge in [-0.25, -0.2) is 0 Å². The molecule has 1 aliphatic heterocycles. The molecule has 0 fully saturated rings. The molecule has 0 radical (unpaired) electrons. The van der Waals surface area contributed by atoms with Crippen LogP contribution < -0.4 is 5.32 Å². The van der Waals surface area contributed by atoms with Gasteiger partial charge in [-0.05, 0) is 44.2 Å². The van der Waals surface area contributed by atoms with Crippen LogP contribution in [0.2, 0.25) is 0 Å². The minimum Gasteiger partial charge on any atom is -0.451 e. The lowest BCUT2D eigenvalue weighted by atomic mass is 10.1. The number of carbonyl (C=O) groups excluding carboxylic acids is 3. The van der Waals surface area contributed by atoms with Crippen LogP contribution in [0.15, 0.2) is 30.8 Å². The van der Waals surface area contributed by atoms with Crippen LogP contribution in [-0.4, -0.2) is 35.3 Å². The van der Waals surface area contributed by atoms with Crippen molar-refractivity contribution in [2.24, 2.45) is 0 Å². The molecule has 1 unspecified atom stereocenters. The number of benzene rings is 1. The van der Waals surface area contributed by atoms with E-state index in [1.165, 1.54) is 23.2 Å². The van der Waals surface area contributed by atoms with Gasteiger partial charge in [-0.2, -0.15) is 5.26 Å². The Balaban J connectivity index is 1.39. The molecule has 32 heavy (non-hydrogen) atoms. The lowest BCUT2D eigenvalue weighted by molar-refractivity contribution is -0.153. The Labute approximate surface area is 190 Å². The zero-order valence-electron chi connectivity index (χ0n) is 17.8. The first-order valence-electron chi connectivity index (χ1n) is 10.6. The fraction of sp³-hybridized carbons (Fsp3) is 0.333. The molecule has 0 saturated heterocycles. The van der Waals surface area contributed by atoms with Gasteiger partial charge in [-0.1, -0.05) is 31.2 Å². The van der Waals surface area contributed by atoms with Crippen molar-refractivity contribution >= 4 is 39.8 Å². The first-order valence-corrected chi connectivity index (χ1v) is 11.4. The topological polar surface area (TPSA) is 99.5 Å². The maximum Gasteiger partial charge on any atom is 0.326 e. The van der Waals surface area contributed by atoms with Gasteiger partial charge in [0.05, 0.1) is 5.56 Å². The van der Waals surface area contributed by atoms with Crippen molar-refractivity contribution in [3.8, 4) is 6.07 Å². The zero-order valence-corrected chi connectivity index (χ0v) is 18.6. The highest BCUT2D eigenvalue weighted by Gasteiger charge is 2.33. The van der Waals surface area contributed by atoms with Crippen molar-refractivity contribution in [3.63, 3.8) is 0 Å². The molecule has 1 N–H and O–H groups in total. The Hall–Kier alpha value is -3.44. The van der Waals surface area contributed by atoms with Gasteiger partial charge in [0.2, 0.25) is 0 Å². The molecule has 1 aliphatic carbocycles. The summed E-state index contributed by atoms with van der Waals surface area (Å²) >= 11 is 1.42. The minimum absolute atomic E-state index is 0.321. The molecule has 1 aromatic heterocycles. The second-order valence-electron chi connectivity index (χ2n) is 7.89. The average Bonchev–Trinajstić information content (AvgIpc) is 3.10. The number of rotatable bonds is 5. The summed E-state index contributed by atoms with van der Waals surface area (Å²) in [7, 11) is 0. The number of hydrogen-bond donors (Lipinski definition) is 1. The third-order valence-corrected chi connectivity index (χ3v) is 6.98. The second kappa shape index (κ2) is 8.97. The predicted octanol–water partition coefficient (Wildman–Crippen LogP) is 3.89. The van der Waals surface area contributed by atoms with Gasteiger partial charge in [0, 0.05) is 21.7 Å². The van der Waals surface area contributed by atoms with Crippen molar-refractivity contribution in [2.75, 3.05) is 11.9 Å². The van der Waals surface area contributed by atoms with Crippen LogP contribution >= 0.6 is 11.3 Å². The first-order chi connectivity index (χ1) is 15.4. The monoisotopic (exact) mass is 449 g/mol. The molecule has 7 nitrogen and oxygen atoms in total. The largest absolute Gasteiger partial charge is 0.451 e. The van der Waals surface area contributed by atoms with E-state index in [4.69, 9.17) is 4.74 Å². The number of anilines is 1. The standard InChI is InChI=1S/C24H23N3O4S/c1-14-16-8-6-7-10-18(16)24(30)27(14)13-21(28)31-15(2)22(29)26-23-19(12-25)17-9-4-3-5-11-20(17)32-23/h6-8,10,15H,1,3-5,9,11,13H2,2H3,(H,26,29). The smallest absolute Gasteiger partial charge is 0.326 e. The maximum absolute atomic E-state index is 12.7. The SMILES string of the molecule is C=C1c2ccccc2C(=O)N1CC(=O)OC(C)C(=O)Nc1sc2c(c1C#N)CCCCC2. The van der Waals surface area contributed by atoms with Crippen LogP contribution in [0.1, 0.15) is 58.1 Å². The van der Waals surface area contributed by atoms with Crippen LogP contribution in [0, 0.1) is 11.3 Å². The predicted molar refractivity (Wildman–Crippen MR) is 121 cm³/mol. The molecule has 2 aromatic rings. The Morgan fingerprint density at radius 1 is 1.25 bits per heavy atom. The number of esters is 1. The van der Waals surface area contributed by atoms with Gasteiger partial charge >= 0.3 is 5.97 Å². The number of nitrogens with zero attached hydrogens (tertiary/aromatic N) is 2. The molecule has 1 aromatic carbocycles. The molecule has 4 rings (SSSR count). The summed E-state index contributed by atoms with van der Waals surface area (Å²) < 4.78 is 5.27.